The predicted molar refractivity (Wildman–Crippen MR) is 74.8 cm³/mol. The standard InChI is InChI=1S/C12H11ClN2O3S/c13-9-6-10(14)11(7-12(9)16)15-19(17,18)8-4-2-1-3-5-8/h1-7,15-16H,14H2. The van der Waals surface area contributed by atoms with Gasteiger partial charge in [-0.25, -0.2) is 8.42 Å². The first-order valence-electron chi connectivity index (χ1n) is 5.26. The molecule has 0 fully saturated rings. The topological polar surface area (TPSA) is 92.4 Å². The molecule has 0 aliphatic heterocycles. The molecule has 5 nitrogen and oxygen atoms in total. The molecule has 0 heterocycles. The van der Waals surface area contributed by atoms with E-state index in [2.05, 4.69) is 4.72 Å². The third-order valence-corrected chi connectivity index (χ3v) is 4.10. The summed E-state index contributed by atoms with van der Waals surface area (Å²) in [5, 5.41) is 9.53. The number of nitrogens with two attached hydrogens (primary N) is 1. The maximum atomic E-state index is 12.1. The van der Waals surface area contributed by atoms with Crippen molar-refractivity contribution in [2.75, 3.05) is 10.5 Å². The molecule has 2 rings (SSSR count). The van der Waals surface area contributed by atoms with Crippen LogP contribution in [0.25, 0.3) is 0 Å². The summed E-state index contributed by atoms with van der Waals surface area (Å²) in [6, 6.07) is 10.3. The molecule has 0 saturated carbocycles. The summed E-state index contributed by atoms with van der Waals surface area (Å²) in [6.07, 6.45) is 0. The van der Waals surface area contributed by atoms with Gasteiger partial charge in [0.05, 0.1) is 21.3 Å². The Morgan fingerprint density at radius 2 is 1.79 bits per heavy atom. The van der Waals surface area contributed by atoms with Gasteiger partial charge in [-0.3, -0.25) is 4.72 Å². The van der Waals surface area contributed by atoms with Gasteiger partial charge in [0.1, 0.15) is 5.75 Å². The first kappa shape index (κ1) is 13.5. The number of phenolic OH excluding ortho intramolecular Hbond substituents is 1. The van der Waals surface area contributed by atoms with Gasteiger partial charge in [0, 0.05) is 6.07 Å². The van der Waals surface area contributed by atoms with Crippen molar-refractivity contribution in [3.05, 3.63) is 47.5 Å². The van der Waals surface area contributed by atoms with E-state index in [0.29, 0.717) is 0 Å². The van der Waals surface area contributed by atoms with E-state index in [4.69, 9.17) is 17.3 Å². The Hall–Kier alpha value is -1.92. The van der Waals surface area contributed by atoms with Crippen LogP contribution in [0.1, 0.15) is 0 Å². The molecule has 0 saturated heterocycles. The molecule has 0 aliphatic rings. The Morgan fingerprint density at radius 1 is 1.16 bits per heavy atom. The van der Waals surface area contributed by atoms with Crippen LogP contribution in [-0.2, 0) is 10.0 Å². The molecule has 2 aromatic carbocycles. The molecule has 0 radical (unpaired) electrons. The van der Waals surface area contributed by atoms with E-state index >= 15 is 0 Å². The summed E-state index contributed by atoms with van der Waals surface area (Å²) in [6.45, 7) is 0. The third-order valence-electron chi connectivity index (χ3n) is 2.42. The largest absolute Gasteiger partial charge is 0.506 e. The van der Waals surface area contributed by atoms with Crippen molar-refractivity contribution < 1.29 is 13.5 Å². The number of phenols is 1. The number of anilines is 2. The zero-order valence-corrected chi connectivity index (χ0v) is 11.2. The zero-order chi connectivity index (χ0) is 14.0. The van der Waals surface area contributed by atoms with Crippen molar-refractivity contribution in [3.8, 4) is 5.75 Å². The predicted octanol–water partition coefficient (Wildman–Crippen LogP) is 2.43. The highest BCUT2D eigenvalue weighted by Crippen LogP contribution is 2.32. The molecule has 2 aromatic rings. The number of rotatable bonds is 3. The van der Waals surface area contributed by atoms with E-state index in [1.807, 2.05) is 0 Å². The Balaban J connectivity index is 2.39. The van der Waals surface area contributed by atoms with Crippen molar-refractivity contribution in [2.45, 2.75) is 4.90 Å². The minimum Gasteiger partial charge on any atom is -0.506 e. The molecule has 0 aliphatic carbocycles. The molecule has 7 heteroatoms. The quantitative estimate of drug-likeness (QED) is 0.599. The fourth-order valence-corrected chi connectivity index (χ4v) is 2.74. The second kappa shape index (κ2) is 4.99. The Bertz CT molecular complexity index is 702. The van der Waals surface area contributed by atoms with Gasteiger partial charge in [0.15, 0.2) is 0 Å². The number of sulfonamides is 1. The maximum absolute atomic E-state index is 12.1. The fourth-order valence-electron chi connectivity index (χ4n) is 1.47. The van der Waals surface area contributed by atoms with E-state index in [0.717, 1.165) is 6.07 Å². The van der Waals surface area contributed by atoms with Crippen molar-refractivity contribution in [1.29, 1.82) is 0 Å². The lowest BCUT2D eigenvalue weighted by molar-refractivity contribution is 0.476. The molecule has 0 atom stereocenters. The molecule has 19 heavy (non-hydrogen) atoms. The number of nitrogen functional groups attached to an aromatic ring is 1. The van der Waals surface area contributed by atoms with Gasteiger partial charge >= 0.3 is 0 Å². The first-order chi connectivity index (χ1) is 8.90. The lowest BCUT2D eigenvalue weighted by atomic mass is 10.2. The fraction of sp³-hybridized carbons (Fsp3) is 0. The van der Waals surface area contributed by atoms with Crippen LogP contribution in [0, 0.1) is 0 Å². The average molecular weight is 299 g/mol. The lowest BCUT2D eigenvalue weighted by Gasteiger charge is -2.11. The average Bonchev–Trinajstić information content (AvgIpc) is 2.37. The summed E-state index contributed by atoms with van der Waals surface area (Å²) in [4.78, 5) is 0.101. The van der Waals surface area contributed by atoms with E-state index in [-0.39, 0.29) is 27.0 Å². The molecule has 100 valence electrons. The third kappa shape index (κ3) is 2.91. The van der Waals surface area contributed by atoms with Gasteiger partial charge in [-0.15, -0.1) is 0 Å². The second-order valence-corrected chi connectivity index (χ2v) is 5.90. The summed E-state index contributed by atoms with van der Waals surface area (Å²) in [7, 11) is -3.75. The summed E-state index contributed by atoms with van der Waals surface area (Å²) < 4.78 is 26.4. The smallest absolute Gasteiger partial charge is 0.261 e. The highest BCUT2D eigenvalue weighted by atomic mass is 35.5. The molecule has 0 amide bonds. The van der Waals surface area contributed by atoms with E-state index in [1.165, 1.54) is 18.2 Å². The molecular weight excluding hydrogens is 288 g/mol. The highest BCUT2D eigenvalue weighted by molar-refractivity contribution is 7.92. The molecular formula is C12H11ClN2O3S. The van der Waals surface area contributed by atoms with Gasteiger partial charge in [-0.05, 0) is 18.2 Å². The van der Waals surface area contributed by atoms with Crippen LogP contribution in [0.15, 0.2) is 47.4 Å². The van der Waals surface area contributed by atoms with Gasteiger partial charge in [-0.1, -0.05) is 29.8 Å². The SMILES string of the molecule is Nc1cc(Cl)c(O)cc1NS(=O)(=O)c1ccccc1. The number of halogens is 1. The minimum atomic E-state index is -3.75. The summed E-state index contributed by atoms with van der Waals surface area (Å²) in [5.74, 6) is -0.248. The van der Waals surface area contributed by atoms with Gasteiger partial charge in [0.2, 0.25) is 0 Å². The van der Waals surface area contributed by atoms with Crippen molar-refractivity contribution in [1.82, 2.24) is 0 Å². The zero-order valence-electron chi connectivity index (χ0n) is 9.67. The molecule has 0 unspecified atom stereocenters. The van der Waals surface area contributed by atoms with Gasteiger partial charge in [0.25, 0.3) is 10.0 Å². The number of benzene rings is 2. The number of nitrogens with one attached hydrogen (secondary N) is 1. The minimum absolute atomic E-state index is 0.0557. The summed E-state index contributed by atoms with van der Waals surface area (Å²) >= 11 is 5.67. The van der Waals surface area contributed by atoms with Crippen LogP contribution in [0.5, 0.6) is 5.75 Å². The van der Waals surface area contributed by atoms with Crippen molar-refractivity contribution in [2.24, 2.45) is 0 Å². The maximum Gasteiger partial charge on any atom is 0.261 e. The van der Waals surface area contributed by atoms with Crippen molar-refractivity contribution >= 4 is 33.0 Å². The normalized spacial score (nSPS) is 11.2. The van der Waals surface area contributed by atoms with Crippen LogP contribution in [-0.4, -0.2) is 13.5 Å². The van der Waals surface area contributed by atoms with E-state index in [9.17, 15) is 13.5 Å². The Labute approximate surface area is 115 Å². The van der Waals surface area contributed by atoms with Crippen LogP contribution in [0.3, 0.4) is 0 Å². The lowest BCUT2D eigenvalue weighted by Crippen LogP contribution is -2.14. The van der Waals surface area contributed by atoms with Crippen LogP contribution in [0.4, 0.5) is 11.4 Å². The number of hydrogen-bond acceptors (Lipinski definition) is 4. The Morgan fingerprint density at radius 3 is 2.42 bits per heavy atom. The molecule has 0 bridgehead atoms. The van der Waals surface area contributed by atoms with Crippen molar-refractivity contribution in [3.63, 3.8) is 0 Å². The Kier molecular flexibility index (Phi) is 3.55. The van der Waals surface area contributed by atoms with Crippen LogP contribution in [0.2, 0.25) is 5.02 Å². The first-order valence-corrected chi connectivity index (χ1v) is 7.12. The molecule has 0 spiro atoms. The highest BCUT2D eigenvalue weighted by Gasteiger charge is 2.16. The monoisotopic (exact) mass is 298 g/mol. The van der Waals surface area contributed by atoms with Crippen LogP contribution >= 0.6 is 11.6 Å². The van der Waals surface area contributed by atoms with Crippen LogP contribution < -0.4 is 10.5 Å². The number of hydrogen-bond donors (Lipinski definition) is 3. The van der Waals surface area contributed by atoms with Gasteiger partial charge in [-0.2, -0.15) is 0 Å². The molecule has 4 N–H and O–H groups in total. The van der Waals surface area contributed by atoms with Gasteiger partial charge < -0.3 is 10.8 Å². The van der Waals surface area contributed by atoms with E-state index in [1.54, 1.807) is 18.2 Å². The molecule has 0 aromatic heterocycles. The van der Waals surface area contributed by atoms with E-state index < -0.39 is 10.0 Å². The number of aromatic hydroxyl groups is 1. The second-order valence-electron chi connectivity index (χ2n) is 3.81. The summed E-state index contributed by atoms with van der Waals surface area (Å²) in [5.41, 5.74) is 5.85.